The van der Waals surface area contributed by atoms with Gasteiger partial charge in [-0.05, 0) is 43.8 Å². The summed E-state index contributed by atoms with van der Waals surface area (Å²) in [5.74, 6) is 0.391. The lowest BCUT2D eigenvalue weighted by molar-refractivity contribution is 0.0772. The summed E-state index contributed by atoms with van der Waals surface area (Å²) in [6, 6.07) is 6.10. The highest BCUT2D eigenvalue weighted by molar-refractivity contribution is 5.92. The van der Waals surface area contributed by atoms with Gasteiger partial charge in [0.05, 0.1) is 0 Å². The number of likely N-dealkylation sites (N-methyl/N-ethyl adjacent to an activating group) is 1. The number of nitrogens with zero attached hydrogens (tertiary/aromatic N) is 3. The Kier molecular flexibility index (Phi) is 5.88. The first-order valence-electron chi connectivity index (χ1n) is 8.96. The number of carbonyl (C=O) groups is 1. The third-order valence-corrected chi connectivity index (χ3v) is 4.73. The number of carbonyl (C=O) groups excluding carboxylic acids is 1. The van der Waals surface area contributed by atoms with Crippen LogP contribution in [-0.2, 0) is 6.61 Å². The lowest BCUT2D eigenvalue weighted by atomic mass is 10.2. The standard InChI is InChI=1S/C19H24FN3O3/c1-3-22(4-2)15-9-10-23(11-15)19(24)17-12-26-18(21-17)13-25-16-7-5-14(20)6-8-16/h5-8,12,15H,3-4,9-11,13H2,1-2H3/t15-/m1/s1. The largest absolute Gasteiger partial charge is 0.484 e. The molecule has 140 valence electrons. The molecule has 1 aromatic carbocycles. The maximum absolute atomic E-state index is 12.9. The van der Waals surface area contributed by atoms with E-state index >= 15 is 0 Å². The lowest BCUT2D eigenvalue weighted by Crippen LogP contribution is -2.38. The van der Waals surface area contributed by atoms with Gasteiger partial charge in [0.2, 0.25) is 5.89 Å². The number of amides is 1. The van der Waals surface area contributed by atoms with Crippen molar-refractivity contribution in [2.75, 3.05) is 26.2 Å². The van der Waals surface area contributed by atoms with Crippen LogP contribution in [0.5, 0.6) is 5.75 Å². The summed E-state index contributed by atoms with van der Waals surface area (Å²) in [6.07, 6.45) is 2.35. The van der Waals surface area contributed by atoms with E-state index < -0.39 is 0 Å². The fourth-order valence-corrected chi connectivity index (χ4v) is 3.28. The fraction of sp³-hybridized carbons (Fsp3) is 0.474. The molecule has 6 nitrogen and oxygen atoms in total. The number of oxazole rings is 1. The monoisotopic (exact) mass is 361 g/mol. The Labute approximate surface area is 152 Å². The molecule has 0 unspecified atom stereocenters. The second-order valence-corrected chi connectivity index (χ2v) is 6.28. The first-order valence-corrected chi connectivity index (χ1v) is 8.96. The van der Waals surface area contributed by atoms with Gasteiger partial charge in [0.25, 0.3) is 5.91 Å². The van der Waals surface area contributed by atoms with Crippen molar-refractivity contribution >= 4 is 5.91 Å². The summed E-state index contributed by atoms with van der Waals surface area (Å²) in [6.45, 7) is 7.78. The summed E-state index contributed by atoms with van der Waals surface area (Å²) >= 11 is 0. The smallest absolute Gasteiger partial charge is 0.275 e. The van der Waals surface area contributed by atoms with Gasteiger partial charge in [-0.25, -0.2) is 9.37 Å². The van der Waals surface area contributed by atoms with Crippen LogP contribution in [0.3, 0.4) is 0 Å². The van der Waals surface area contributed by atoms with Gasteiger partial charge in [0, 0.05) is 19.1 Å². The SMILES string of the molecule is CCN(CC)[C@@H]1CCN(C(=O)c2coc(COc3ccc(F)cc3)n2)C1. The Morgan fingerprint density at radius 1 is 1.35 bits per heavy atom. The van der Waals surface area contributed by atoms with Crippen molar-refractivity contribution in [3.05, 3.63) is 47.9 Å². The zero-order chi connectivity index (χ0) is 18.5. The molecule has 0 bridgehead atoms. The van der Waals surface area contributed by atoms with E-state index in [1.54, 1.807) is 0 Å². The van der Waals surface area contributed by atoms with Gasteiger partial charge < -0.3 is 14.1 Å². The number of aromatic nitrogens is 1. The third-order valence-electron chi connectivity index (χ3n) is 4.73. The highest BCUT2D eigenvalue weighted by Crippen LogP contribution is 2.19. The number of hydrogen-bond donors (Lipinski definition) is 0. The topological polar surface area (TPSA) is 58.8 Å². The number of hydrogen-bond acceptors (Lipinski definition) is 5. The summed E-state index contributed by atoms with van der Waals surface area (Å²) in [4.78, 5) is 21.0. The fourth-order valence-electron chi connectivity index (χ4n) is 3.28. The summed E-state index contributed by atoms with van der Waals surface area (Å²) in [7, 11) is 0. The van der Waals surface area contributed by atoms with Gasteiger partial charge in [-0.15, -0.1) is 0 Å². The molecule has 0 N–H and O–H groups in total. The summed E-state index contributed by atoms with van der Waals surface area (Å²) in [5, 5.41) is 0. The minimum absolute atomic E-state index is 0.0843. The molecule has 1 aromatic heterocycles. The quantitative estimate of drug-likeness (QED) is 0.759. The zero-order valence-electron chi connectivity index (χ0n) is 15.2. The van der Waals surface area contributed by atoms with E-state index in [0.717, 1.165) is 32.6 Å². The lowest BCUT2D eigenvalue weighted by Gasteiger charge is -2.25. The van der Waals surface area contributed by atoms with E-state index in [-0.39, 0.29) is 18.3 Å². The van der Waals surface area contributed by atoms with Crippen LogP contribution in [0, 0.1) is 5.82 Å². The number of rotatable bonds is 7. The number of likely N-dealkylation sites (tertiary alicyclic amines) is 1. The van der Waals surface area contributed by atoms with Crippen molar-refractivity contribution in [3.63, 3.8) is 0 Å². The Bertz CT molecular complexity index is 728. The van der Waals surface area contributed by atoms with Crippen LogP contribution in [-0.4, -0.2) is 52.9 Å². The predicted molar refractivity (Wildman–Crippen MR) is 94.5 cm³/mol. The van der Waals surface area contributed by atoms with Crippen LogP contribution >= 0.6 is 0 Å². The average molecular weight is 361 g/mol. The molecule has 0 saturated carbocycles. The van der Waals surface area contributed by atoms with Crippen molar-refractivity contribution in [3.8, 4) is 5.75 Å². The molecule has 0 aliphatic carbocycles. The second-order valence-electron chi connectivity index (χ2n) is 6.28. The van der Waals surface area contributed by atoms with E-state index in [4.69, 9.17) is 9.15 Å². The third kappa shape index (κ3) is 4.22. The van der Waals surface area contributed by atoms with Crippen LogP contribution in [0.4, 0.5) is 4.39 Å². The normalized spacial score (nSPS) is 17.1. The van der Waals surface area contributed by atoms with Crippen molar-refractivity contribution < 1.29 is 18.3 Å². The predicted octanol–water partition coefficient (Wildman–Crippen LogP) is 2.95. The molecule has 26 heavy (non-hydrogen) atoms. The highest BCUT2D eigenvalue weighted by atomic mass is 19.1. The molecular weight excluding hydrogens is 337 g/mol. The van der Waals surface area contributed by atoms with Crippen molar-refractivity contribution in [2.45, 2.75) is 32.9 Å². The molecular formula is C19H24FN3O3. The number of ether oxygens (including phenoxy) is 1. The minimum atomic E-state index is -0.324. The van der Waals surface area contributed by atoms with E-state index in [9.17, 15) is 9.18 Å². The van der Waals surface area contributed by atoms with Crippen LogP contribution in [0.2, 0.25) is 0 Å². The Hall–Kier alpha value is -2.41. The summed E-state index contributed by atoms with van der Waals surface area (Å²) in [5.41, 5.74) is 0.294. The molecule has 2 aromatic rings. The first-order chi connectivity index (χ1) is 12.6. The molecule has 1 atom stereocenters. The first kappa shape index (κ1) is 18.4. The van der Waals surface area contributed by atoms with Crippen molar-refractivity contribution in [1.82, 2.24) is 14.8 Å². The van der Waals surface area contributed by atoms with Crippen LogP contribution in [0.15, 0.2) is 34.9 Å². The average Bonchev–Trinajstić information content (AvgIpc) is 3.32. The van der Waals surface area contributed by atoms with E-state index in [1.165, 1.54) is 30.5 Å². The molecule has 2 heterocycles. The van der Waals surface area contributed by atoms with Crippen LogP contribution in [0.25, 0.3) is 0 Å². The Morgan fingerprint density at radius 2 is 2.08 bits per heavy atom. The van der Waals surface area contributed by atoms with E-state index in [2.05, 4.69) is 23.7 Å². The molecule has 1 aliphatic heterocycles. The Balaban J connectivity index is 1.55. The molecule has 0 spiro atoms. The number of halogens is 1. The maximum atomic E-state index is 12.9. The van der Waals surface area contributed by atoms with Gasteiger partial charge in [0.1, 0.15) is 17.8 Å². The van der Waals surface area contributed by atoms with Crippen molar-refractivity contribution in [2.24, 2.45) is 0 Å². The van der Waals surface area contributed by atoms with Gasteiger partial charge in [0.15, 0.2) is 12.3 Å². The van der Waals surface area contributed by atoms with Crippen LogP contribution in [0.1, 0.15) is 36.6 Å². The summed E-state index contributed by atoms with van der Waals surface area (Å²) < 4.78 is 23.7. The van der Waals surface area contributed by atoms with Gasteiger partial charge in [-0.3, -0.25) is 9.69 Å². The van der Waals surface area contributed by atoms with Gasteiger partial charge in [-0.1, -0.05) is 13.8 Å². The minimum Gasteiger partial charge on any atom is -0.484 e. The molecule has 3 rings (SSSR count). The van der Waals surface area contributed by atoms with E-state index in [1.807, 2.05) is 4.90 Å². The number of benzene rings is 1. The van der Waals surface area contributed by atoms with E-state index in [0.29, 0.717) is 23.4 Å². The maximum Gasteiger partial charge on any atom is 0.275 e. The second kappa shape index (κ2) is 8.31. The highest BCUT2D eigenvalue weighted by Gasteiger charge is 2.30. The molecule has 1 saturated heterocycles. The van der Waals surface area contributed by atoms with Crippen molar-refractivity contribution in [1.29, 1.82) is 0 Å². The molecule has 1 aliphatic rings. The molecule has 1 amide bonds. The van der Waals surface area contributed by atoms with Crippen LogP contribution < -0.4 is 4.74 Å². The molecule has 7 heteroatoms. The zero-order valence-corrected chi connectivity index (χ0v) is 15.2. The van der Waals surface area contributed by atoms with Gasteiger partial charge >= 0.3 is 0 Å². The Morgan fingerprint density at radius 3 is 2.77 bits per heavy atom. The molecule has 1 fully saturated rings. The van der Waals surface area contributed by atoms with Gasteiger partial charge in [-0.2, -0.15) is 0 Å². The molecule has 0 radical (unpaired) electrons.